The van der Waals surface area contributed by atoms with Crippen molar-refractivity contribution in [2.45, 2.75) is 0 Å². The average Bonchev–Trinajstić information content (AvgIpc) is 2.41. The van der Waals surface area contributed by atoms with E-state index < -0.39 is 29.1 Å². The van der Waals surface area contributed by atoms with Gasteiger partial charge in [0.1, 0.15) is 11.6 Å². The standard InChI is InChI=1S/C14H8ClF2NO3/c15-12-9(2-1-3-10(12)16)13(19)18-7-4-5-8(14(20)21)11(17)6-7/h1-6H,(H,18,19)(H,20,21). The van der Waals surface area contributed by atoms with Gasteiger partial charge in [-0.15, -0.1) is 0 Å². The smallest absolute Gasteiger partial charge is 0.338 e. The zero-order valence-electron chi connectivity index (χ0n) is 10.4. The number of benzene rings is 2. The Kier molecular flexibility index (Phi) is 4.18. The van der Waals surface area contributed by atoms with Gasteiger partial charge in [0.2, 0.25) is 0 Å². The van der Waals surface area contributed by atoms with E-state index in [0.717, 1.165) is 18.2 Å². The molecule has 1 amide bonds. The fraction of sp³-hybridized carbons (Fsp3) is 0. The number of anilines is 1. The van der Waals surface area contributed by atoms with E-state index in [-0.39, 0.29) is 16.3 Å². The van der Waals surface area contributed by atoms with Gasteiger partial charge in [-0.05, 0) is 30.3 Å². The van der Waals surface area contributed by atoms with Gasteiger partial charge in [-0.25, -0.2) is 13.6 Å². The van der Waals surface area contributed by atoms with Crippen molar-refractivity contribution >= 4 is 29.2 Å². The SMILES string of the molecule is O=C(O)c1ccc(NC(=O)c2cccc(F)c2Cl)cc1F. The van der Waals surface area contributed by atoms with Crippen molar-refractivity contribution in [2.24, 2.45) is 0 Å². The summed E-state index contributed by atoms with van der Waals surface area (Å²) < 4.78 is 26.7. The molecule has 0 aromatic heterocycles. The van der Waals surface area contributed by atoms with E-state index in [2.05, 4.69) is 5.32 Å². The Morgan fingerprint density at radius 1 is 1.05 bits per heavy atom. The van der Waals surface area contributed by atoms with E-state index in [1.165, 1.54) is 18.2 Å². The fourth-order valence-electron chi connectivity index (χ4n) is 1.64. The monoisotopic (exact) mass is 311 g/mol. The summed E-state index contributed by atoms with van der Waals surface area (Å²) in [5, 5.41) is 10.7. The van der Waals surface area contributed by atoms with E-state index in [1.807, 2.05) is 0 Å². The van der Waals surface area contributed by atoms with E-state index in [0.29, 0.717) is 0 Å². The maximum absolute atomic E-state index is 13.5. The van der Waals surface area contributed by atoms with Gasteiger partial charge in [0.15, 0.2) is 0 Å². The zero-order chi connectivity index (χ0) is 15.6. The topological polar surface area (TPSA) is 66.4 Å². The molecule has 108 valence electrons. The summed E-state index contributed by atoms with van der Waals surface area (Å²) in [4.78, 5) is 22.6. The minimum atomic E-state index is -1.42. The number of carbonyl (C=O) groups is 2. The molecule has 0 atom stereocenters. The third-order valence-electron chi connectivity index (χ3n) is 2.65. The van der Waals surface area contributed by atoms with Crippen molar-refractivity contribution in [3.8, 4) is 0 Å². The number of carboxylic acids is 1. The van der Waals surface area contributed by atoms with Crippen molar-refractivity contribution in [1.29, 1.82) is 0 Å². The highest BCUT2D eigenvalue weighted by molar-refractivity contribution is 6.34. The fourth-order valence-corrected chi connectivity index (χ4v) is 1.86. The number of halogens is 3. The van der Waals surface area contributed by atoms with Gasteiger partial charge < -0.3 is 10.4 Å². The van der Waals surface area contributed by atoms with Crippen LogP contribution in [0.4, 0.5) is 14.5 Å². The molecule has 2 N–H and O–H groups in total. The molecule has 0 bridgehead atoms. The number of carbonyl (C=O) groups excluding carboxylic acids is 1. The highest BCUT2D eigenvalue weighted by atomic mass is 35.5. The van der Waals surface area contributed by atoms with E-state index in [4.69, 9.17) is 16.7 Å². The summed E-state index contributed by atoms with van der Waals surface area (Å²) in [7, 11) is 0. The van der Waals surface area contributed by atoms with Gasteiger partial charge in [0, 0.05) is 5.69 Å². The second kappa shape index (κ2) is 5.88. The molecule has 2 rings (SSSR count). The Balaban J connectivity index is 2.26. The lowest BCUT2D eigenvalue weighted by molar-refractivity contribution is 0.0692. The first-order valence-corrected chi connectivity index (χ1v) is 6.06. The summed E-state index contributed by atoms with van der Waals surface area (Å²) >= 11 is 5.66. The Morgan fingerprint density at radius 3 is 2.38 bits per heavy atom. The van der Waals surface area contributed by atoms with Crippen LogP contribution in [-0.4, -0.2) is 17.0 Å². The summed E-state index contributed by atoms with van der Waals surface area (Å²) in [5.74, 6) is -3.90. The van der Waals surface area contributed by atoms with Crippen molar-refractivity contribution in [1.82, 2.24) is 0 Å². The molecule has 4 nitrogen and oxygen atoms in total. The molecule has 2 aromatic carbocycles. The van der Waals surface area contributed by atoms with Crippen LogP contribution in [-0.2, 0) is 0 Å². The molecular formula is C14H8ClF2NO3. The van der Waals surface area contributed by atoms with Crippen LogP contribution in [0.5, 0.6) is 0 Å². The second-order valence-electron chi connectivity index (χ2n) is 4.06. The van der Waals surface area contributed by atoms with Gasteiger partial charge in [-0.3, -0.25) is 4.79 Å². The molecule has 0 saturated heterocycles. The van der Waals surface area contributed by atoms with Gasteiger partial charge in [0.25, 0.3) is 5.91 Å². The highest BCUT2D eigenvalue weighted by Gasteiger charge is 2.15. The maximum Gasteiger partial charge on any atom is 0.338 e. The van der Waals surface area contributed by atoms with Crippen molar-refractivity contribution in [3.63, 3.8) is 0 Å². The van der Waals surface area contributed by atoms with Gasteiger partial charge in [-0.2, -0.15) is 0 Å². The number of aromatic carboxylic acids is 1. The molecule has 0 aliphatic rings. The maximum atomic E-state index is 13.5. The van der Waals surface area contributed by atoms with Gasteiger partial charge >= 0.3 is 5.97 Å². The summed E-state index contributed by atoms with van der Waals surface area (Å²) in [6.07, 6.45) is 0. The molecule has 0 heterocycles. The lowest BCUT2D eigenvalue weighted by atomic mass is 10.1. The Labute approximate surface area is 123 Å². The Morgan fingerprint density at radius 2 is 1.76 bits per heavy atom. The molecular weight excluding hydrogens is 304 g/mol. The number of hydrogen-bond donors (Lipinski definition) is 2. The first kappa shape index (κ1) is 14.9. The zero-order valence-corrected chi connectivity index (χ0v) is 11.1. The van der Waals surface area contributed by atoms with Crippen molar-refractivity contribution < 1.29 is 23.5 Å². The number of carboxylic acid groups (broad SMARTS) is 1. The molecule has 0 aliphatic carbocycles. The van der Waals surface area contributed by atoms with E-state index >= 15 is 0 Å². The lowest BCUT2D eigenvalue weighted by Gasteiger charge is -2.08. The van der Waals surface area contributed by atoms with Crippen LogP contribution in [0, 0.1) is 11.6 Å². The molecule has 2 aromatic rings. The quantitative estimate of drug-likeness (QED) is 0.910. The number of amides is 1. The van der Waals surface area contributed by atoms with Crippen LogP contribution >= 0.6 is 11.6 Å². The van der Waals surface area contributed by atoms with Crippen LogP contribution < -0.4 is 5.32 Å². The molecule has 0 aliphatic heterocycles. The molecule has 21 heavy (non-hydrogen) atoms. The van der Waals surface area contributed by atoms with E-state index in [9.17, 15) is 18.4 Å². The molecule has 0 fully saturated rings. The molecule has 7 heteroatoms. The van der Waals surface area contributed by atoms with Crippen LogP contribution in [0.25, 0.3) is 0 Å². The number of nitrogens with one attached hydrogen (secondary N) is 1. The third kappa shape index (κ3) is 3.17. The molecule has 0 spiro atoms. The largest absolute Gasteiger partial charge is 0.478 e. The van der Waals surface area contributed by atoms with Crippen LogP contribution in [0.15, 0.2) is 36.4 Å². The third-order valence-corrected chi connectivity index (χ3v) is 3.04. The first-order valence-electron chi connectivity index (χ1n) is 5.68. The van der Waals surface area contributed by atoms with Crippen LogP contribution in [0.1, 0.15) is 20.7 Å². The Bertz CT molecular complexity index is 734. The minimum Gasteiger partial charge on any atom is -0.478 e. The van der Waals surface area contributed by atoms with Crippen molar-refractivity contribution in [3.05, 3.63) is 64.2 Å². The van der Waals surface area contributed by atoms with E-state index in [1.54, 1.807) is 0 Å². The predicted molar refractivity (Wildman–Crippen MR) is 72.7 cm³/mol. The lowest BCUT2D eigenvalue weighted by Crippen LogP contribution is -2.13. The molecule has 0 radical (unpaired) electrons. The minimum absolute atomic E-state index is 0.0304. The van der Waals surface area contributed by atoms with Gasteiger partial charge in [-0.1, -0.05) is 17.7 Å². The van der Waals surface area contributed by atoms with Crippen molar-refractivity contribution in [2.75, 3.05) is 5.32 Å². The first-order chi connectivity index (χ1) is 9.90. The summed E-state index contributed by atoms with van der Waals surface area (Å²) in [5.41, 5.74) is -0.598. The normalized spacial score (nSPS) is 10.2. The molecule has 0 unspecified atom stereocenters. The number of rotatable bonds is 3. The Hall–Kier alpha value is -2.47. The average molecular weight is 312 g/mol. The highest BCUT2D eigenvalue weighted by Crippen LogP contribution is 2.21. The number of hydrogen-bond acceptors (Lipinski definition) is 2. The summed E-state index contributed by atoms with van der Waals surface area (Å²) in [6, 6.07) is 6.81. The summed E-state index contributed by atoms with van der Waals surface area (Å²) in [6.45, 7) is 0. The predicted octanol–water partition coefficient (Wildman–Crippen LogP) is 3.57. The molecule has 0 saturated carbocycles. The van der Waals surface area contributed by atoms with Crippen LogP contribution in [0.3, 0.4) is 0 Å². The van der Waals surface area contributed by atoms with Gasteiger partial charge in [0.05, 0.1) is 16.1 Å². The second-order valence-corrected chi connectivity index (χ2v) is 4.43. The van der Waals surface area contributed by atoms with Crippen LogP contribution in [0.2, 0.25) is 5.02 Å².